The van der Waals surface area contributed by atoms with Crippen molar-refractivity contribution >= 4 is 11.8 Å². The van der Waals surface area contributed by atoms with Crippen LogP contribution in [0.5, 0.6) is 0 Å². The van der Waals surface area contributed by atoms with E-state index in [1.54, 1.807) is 30.3 Å². The molecule has 2 aliphatic rings. The minimum Gasteiger partial charge on any atom is -0.347 e. The van der Waals surface area contributed by atoms with E-state index in [0.29, 0.717) is 51.2 Å². The highest BCUT2D eigenvalue weighted by Crippen LogP contribution is 2.48. The van der Waals surface area contributed by atoms with Gasteiger partial charge in [-0.3, -0.25) is 14.6 Å². The molecule has 5 nitrogen and oxygen atoms in total. The van der Waals surface area contributed by atoms with Gasteiger partial charge in [-0.25, -0.2) is 13.8 Å². The van der Waals surface area contributed by atoms with Crippen LogP contribution in [0, 0.1) is 11.6 Å². The predicted molar refractivity (Wildman–Crippen MR) is 139 cm³/mol. The standard InChI is InChI=1S/C30H28F5N3O2/c1-2-3-7-19-12-21(32)14-25-24-13-20(31)10-11-23(24)27(26(19)25)29(40)38(17-30(33,34)35)37-15-22(16-37)36-28(39)18-8-5-4-6-9-18/h4-6,8-14,22,27H,2-3,7,15-17H2,1H3,(H,36,39). The van der Waals surface area contributed by atoms with Gasteiger partial charge in [0.25, 0.3) is 5.91 Å². The van der Waals surface area contributed by atoms with Crippen LogP contribution >= 0.6 is 0 Å². The van der Waals surface area contributed by atoms with E-state index in [4.69, 9.17) is 0 Å². The molecular weight excluding hydrogens is 529 g/mol. The van der Waals surface area contributed by atoms with Crippen LogP contribution < -0.4 is 5.32 Å². The van der Waals surface area contributed by atoms with Crippen molar-refractivity contribution < 1.29 is 31.5 Å². The summed E-state index contributed by atoms with van der Waals surface area (Å²) in [6.07, 6.45) is -2.80. The summed E-state index contributed by atoms with van der Waals surface area (Å²) in [5, 5.41) is 4.72. The highest BCUT2D eigenvalue weighted by molar-refractivity contribution is 5.97. The molecular formula is C30H28F5N3O2. The summed E-state index contributed by atoms with van der Waals surface area (Å²) < 4.78 is 70.2. The Morgan fingerprint density at radius 1 is 0.975 bits per heavy atom. The molecule has 0 saturated carbocycles. The Kier molecular flexibility index (Phi) is 7.63. The van der Waals surface area contributed by atoms with Crippen LogP contribution in [0.3, 0.4) is 0 Å². The molecule has 5 rings (SSSR count). The fourth-order valence-corrected chi connectivity index (χ4v) is 5.48. The molecule has 40 heavy (non-hydrogen) atoms. The average molecular weight is 558 g/mol. The van der Waals surface area contributed by atoms with Crippen LogP contribution in [0.15, 0.2) is 60.7 Å². The van der Waals surface area contributed by atoms with Crippen LogP contribution in [-0.2, 0) is 11.2 Å². The van der Waals surface area contributed by atoms with E-state index >= 15 is 0 Å². The molecule has 210 valence electrons. The van der Waals surface area contributed by atoms with Crippen molar-refractivity contribution in [3.8, 4) is 11.1 Å². The lowest BCUT2D eigenvalue weighted by Gasteiger charge is -2.47. The molecule has 3 aromatic rings. The number of benzene rings is 3. The van der Waals surface area contributed by atoms with Crippen molar-refractivity contribution in [2.75, 3.05) is 19.6 Å². The molecule has 1 saturated heterocycles. The Hall–Kier alpha value is -3.79. The van der Waals surface area contributed by atoms with Gasteiger partial charge in [-0.05, 0) is 77.1 Å². The molecule has 1 aliphatic carbocycles. The Bertz CT molecular complexity index is 1420. The number of hydrazine groups is 1. The van der Waals surface area contributed by atoms with Crippen molar-refractivity contribution in [2.45, 2.75) is 44.3 Å². The van der Waals surface area contributed by atoms with Crippen molar-refractivity contribution in [3.63, 3.8) is 0 Å². The van der Waals surface area contributed by atoms with Gasteiger partial charge >= 0.3 is 6.18 Å². The summed E-state index contributed by atoms with van der Waals surface area (Å²) in [5.41, 5.74) is 2.32. The second-order valence-electron chi connectivity index (χ2n) is 10.2. The summed E-state index contributed by atoms with van der Waals surface area (Å²) >= 11 is 0. The molecule has 1 aliphatic heterocycles. The van der Waals surface area contributed by atoms with Crippen molar-refractivity contribution in [1.29, 1.82) is 0 Å². The Labute approximate surface area is 228 Å². The maximum Gasteiger partial charge on any atom is 0.407 e. The zero-order chi connectivity index (χ0) is 28.6. The van der Waals surface area contributed by atoms with Crippen LogP contribution in [-0.4, -0.2) is 53.7 Å². The van der Waals surface area contributed by atoms with Gasteiger partial charge in [0.05, 0.1) is 12.0 Å². The number of fused-ring (bicyclic) bond motifs is 3. The highest BCUT2D eigenvalue weighted by atomic mass is 19.4. The maximum atomic E-state index is 14.6. The molecule has 10 heteroatoms. The van der Waals surface area contributed by atoms with Crippen LogP contribution in [0.2, 0.25) is 0 Å². The van der Waals surface area contributed by atoms with E-state index in [1.807, 2.05) is 6.92 Å². The first kappa shape index (κ1) is 27.8. The first-order valence-electron chi connectivity index (χ1n) is 13.2. The van der Waals surface area contributed by atoms with E-state index in [9.17, 15) is 31.5 Å². The second kappa shape index (κ2) is 11.0. The number of hydrogen-bond donors (Lipinski definition) is 1. The van der Waals surface area contributed by atoms with Gasteiger partial charge < -0.3 is 5.32 Å². The number of hydrogen-bond acceptors (Lipinski definition) is 3. The fraction of sp³-hybridized carbons (Fsp3) is 0.333. The number of nitrogens with zero attached hydrogens (tertiary/aromatic N) is 2. The molecule has 0 bridgehead atoms. The molecule has 1 fully saturated rings. The van der Waals surface area contributed by atoms with Crippen molar-refractivity contribution in [1.82, 2.24) is 15.3 Å². The minimum atomic E-state index is -4.70. The Balaban J connectivity index is 1.46. The van der Waals surface area contributed by atoms with E-state index in [2.05, 4.69) is 5.32 Å². The number of unbranched alkanes of at least 4 members (excludes halogenated alkanes) is 1. The summed E-state index contributed by atoms with van der Waals surface area (Å²) in [7, 11) is 0. The number of halogens is 5. The summed E-state index contributed by atoms with van der Waals surface area (Å²) in [6, 6.07) is 14.2. The third kappa shape index (κ3) is 5.58. The number of aryl methyl sites for hydroxylation is 1. The lowest BCUT2D eigenvalue weighted by Crippen LogP contribution is -2.67. The van der Waals surface area contributed by atoms with Crippen LogP contribution in [0.25, 0.3) is 11.1 Å². The summed E-state index contributed by atoms with van der Waals surface area (Å²) in [5.74, 6) is -3.49. The topological polar surface area (TPSA) is 52.7 Å². The third-order valence-electron chi connectivity index (χ3n) is 7.34. The Morgan fingerprint density at radius 2 is 1.68 bits per heavy atom. The molecule has 1 atom stereocenters. The molecule has 0 radical (unpaired) electrons. The van der Waals surface area contributed by atoms with Gasteiger partial charge in [-0.1, -0.05) is 37.6 Å². The first-order chi connectivity index (χ1) is 19.1. The van der Waals surface area contributed by atoms with E-state index in [0.717, 1.165) is 12.5 Å². The second-order valence-corrected chi connectivity index (χ2v) is 10.2. The SMILES string of the molecule is CCCCc1cc(F)cc2c1C(C(=O)N(CC(F)(F)F)N1CC(NC(=O)c3ccccc3)C1)c1ccc(F)cc1-2. The number of alkyl halides is 3. The predicted octanol–water partition coefficient (Wildman–Crippen LogP) is 5.84. The lowest BCUT2D eigenvalue weighted by molar-refractivity contribution is -0.203. The molecule has 0 aromatic heterocycles. The fourth-order valence-electron chi connectivity index (χ4n) is 5.48. The molecule has 2 amide bonds. The average Bonchev–Trinajstić information content (AvgIpc) is 3.20. The Morgan fingerprint density at radius 3 is 2.35 bits per heavy atom. The smallest absolute Gasteiger partial charge is 0.347 e. The van der Waals surface area contributed by atoms with Gasteiger partial charge in [0, 0.05) is 18.7 Å². The van der Waals surface area contributed by atoms with Crippen LogP contribution in [0.4, 0.5) is 22.0 Å². The summed E-state index contributed by atoms with van der Waals surface area (Å²) in [4.78, 5) is 26.5. The van der Waals surface area contributed by atoms with Gasteiger partial charge in [0.15, 0.2) is 0 Å². The van der Waals surface area contributed by atoms with E-state index < -0.39 is 42.2 Å². The third-order valence-corrected chi connectivity index (χ3v) is 7.34. The van der Waals surface area contributed by atoms with E-state index in [-0.39, 0.29) is 19.0 Å². The largest absolute Gasteiger partial charge is 0.407 e. The number of rotatable bonds is 8. The molecule has 0 spiro atoms. The number of carbonyl (C=O) groups excluding carboxylic acids is 2. The molecule has 3 aromatic carbocycles. The number of carbonyl (C=O) groups is 2. The minimum absolute atomic E-state index is 0.00234. The normalized spacial score (nSPS) is 16.7. The monoisotopic (exact) mass is 557 g/mol. The molecule has 1 heterocycles. The molecule has 1 N–H and O–H groups in total. The highest BCUT2D eigenvalue weighted by Gasteiger charge is 2.46. The van der Waals surface area contributed by atoms with Gasteiger partial charge in [0.1, 0.15) is 18.2 Å². The molecule has 1 unspecified atom stereocenters. The van der Waals surface area contributed by atoms with Gasteiger partial charge in [-0.2, -0.15) is 13.2 Å². The van der Waals surface area contributed by atoms with Gasteiger partial charge in [0.2, 0.25) is 5.91 Å². The quantitative estimate of drug-likeness (QED) is 0.354. The van der Waals surface area contributed by atoms with Crippen molar-refractivity contribution in [2.24, 2.45) is 0 Å². The zero-order valence-corrected chi connectivity index (χ0v) is 21.8. The zero-order valence-electron chi connectivity index (χ0n) is 21.8. The number of nitrogens with one attached hydrogen (secondary N) is 1. The maximum absolute atomic E-state index is 14.6. The number of amides is 2. The summed E-state index contributed by atoms with van der Waals surface area (Å²) in [6.45, 7) is 0.429. The van der Waals surface area contributed by atoms with Gasteiger partial charge in [-0.15, -0.1) is 0 Å². The first-order valence-corrected chi connectivity index (χ1v) is 13.2. The van der Waals surface area contributed by atoms with Crippen molar-refractivity contribution in [3.05, 3.63) is 94.6 Å². The lowest BCUT2D eigenvalue weighted by atomic mass is 9.89. The van der Waals surface area contributed by atoms with Crippen LogP contribution in [0.1, 0.15) is 52.7 Å². The van der Waals surface area contributed by atoms with E-state index in [1.165, 1.54) is 29.3 Å².